The third-order valence-corrected chi connectivity index (χ3v) is 6.49. The highest BCUT2D eigenvalue weighted by atomic mass is 19.1. The average molecular weight is 458 g/mol. The fourth-order valence-electron chi connectivity index (χ4n) is 4.78. The number of halogens is 1. The SMILES string of the molecule is CC(C)c1cnn2c(N[C@H]3CCc4[nH]c5cc(O)ccc5c4C3)nc(-c3cncc(F)c3)nc12. The molecule has 0 radical (unpaired) electrons. The summed E-state index contributed by atoms with van der Waals surface area (Å²) >= 11 is 0. The number of phenols is 1. The molecule has 0 saturated heterocycles. The van der Waals surface area contributed by atoms with Gasteiger partial charge < -0.3 is 15.4 Å². The van der Waals surface area contributed by atoms with E-state index in [4.69, 9.17) is 9.97 Å². The highest BCUT2D eigenvalue weighted by molar-refractivity contribution is 5.86. The molecule has 0 amide bonds. The highest BCUT2D eigenvalue weighted by Gasteiger charge is 2.25. The normalized spacial score (nSPS) is 15.8. The van der Waals surface area contributed by atoms with Crippen LogP contribution in [0.15, 0.2) is 42.9 Å². The molecule has 3 N–H and O–H groups in total. The predicted octanol–water partition coefficient (Wildman–Crippen LogP) is 4.61. The van der Waals surface area contributed by atoms with E-state index in [2.05, 4.69) is 34.2 Å². The maximum Gasteiger partial charge on any atom is 0.228 e. The van der Waals surface area contributed by atoms with Gasteiger partial charge in [0.25, 0.3) is 0 Å². The minimum atomic E-state index is -0.432. The number of nitrogens with zero attached hydrogens (tertiary/aromatic N) is 5. The number of phenolic OH excluding ortho intramolecular Hbond substituents is 1. The maximum atomic E-state index is 13.9. The van der Waals surface area contributed by atoms with E-state index in [0.29, 0.717) is 23.0 Å². The van der Waals surface area contributed by atoms with Crippen molar-refractivity contribution in [3.05, 3.63) is 65.5 Å². The van der Waals surface area contributed by atoms with Gasteiger partial charge in [-0.2, -0.15) is 14.6 Å². The number of aryl methyl sites for hydroxylation is 1. The largest absolute Gasteiger partial charge is 0.508 e. The van der Waals surface area contributed by atoms with Crippen LogP contribution < -0.4 is 5.32 Å². The van der Waals surface area contributed by atoms with Crippen LogP contribution in [0.25, 0.3) is 27.9 Å². The van der Waals surface area contributed by atoms with Crippen LogP contribution in [0.5, 0.6) is 5.75 Å². The number of hydrogen-bond acceptors (Lipinski definition) is 6. The Morgan fingerprint density at radius 2 is 2.06 bits per heavy atom. The zero-order valence-electron chi connectivity index (χ0n) is 18.9. The Morgan fingerprint density at radius 3 is 2.88 bits per heavy atom. The lowest BCUT2D eigenvalue weighted by molar-refractivity contribution is 0.476. The number of anilines is 1. The number of rotatable bonds is 4. The van der Waals surface area contributed by atoms with Crippen molar-refractivity contribution in [1.82, 2.24) is 29.5 Å². The number of aromatic amines is 1. The van der Waals surface area contributed by atoms with Crippen LogP contribution >= 0.6 is 0 Å². The summed E-state index contributed by atoms with van der Waals surface area (Å²) in [4.78, 5) is 16.9. The summed E-state index contributed by atoms with van der Waals surface area (Å²) in [6.45, 7) is 4.18. The Labute approximate surface area is 194 Å². The Morgan fingerprint density at radius 1 is 1.18 bits per heavy atom. The van der Waals surface area contributed by atoms with E-state index in [1.165, 1.54) is 23.5 Å². The molecule has 0 bridgehead atoms. The zero-order valence-corrected chi connectivity index (χ0v) is 18.9. The lowest BCUT2D eigenvalue weighted by Gasteiger charge is -2.24. The van der Waals surface area contributed by atoms with Crippen molar-refractivity contribution < 1.29 is 9.50 Å². The molecule has 0 unspecified atom stereocenters. The molecule has 0 fully saturated rings. The molecule has 1 aliphatic carbocycles. The standard InChI is InChI=1S/C25H24FN7O/c1-13(2)20-12-28-33-24(20)31-23(14-7-15(26)11-27-10-14)32-25(33)29-16-3-6-21-19(8-16)18-5-4-17(34)9-22(18)30-21/h4-5,7,9-13,16,30,34H,3,6,8H2,1-2H3,(H,29,31,32)/t16-/m0/s1. The minimum Gasteiger partial charge on any atom is -0.508 e. The van der Waals surface area contributed by atoms with Crippen LogP contribution in [0.4, 0.5) is 10.3 Å². The molecule has 172 valence electrons. The highest BCUT2D eigenvalue weighted by Crippen LogP contribution is 2.32. The van der Waals surface area contributed by atoms with Crippen molar-refractivity contribution in [3.8, 4) is 17.1 Å². The molecule has 4 heterocycles. The van der Waals surface area contributed by atoms with Gasteiger partial charge in [0, 0.05) is 46.0 Å². The quantitative estimate of drug-likeness (QED) is 0.364. The first kappa shape index (κ1) is 20.6. The molecule has 1 aromatic carbocycles. The summed E-state index contributed by atoms with van der Waals surface area (Å²) in [7, 11) is 0. The number of H-pyrrole nitrogens is 1. The summed E-state index contributed by atoms with van der Waals surface area (Å²) in [6.07, 6.45) is 7.15. The Balaban J connectivity index is 1.40. The first-order chi connectivity index (χ1) is 16.5. The monoisotopic (exact) mass is 457 g/mol. The van der Waals surface area contributed by atoms with Crippen molar-refractivity contribution in [2.45, 2.75) is 45.1 Å². The van der Waals surface area contributed by atoms with Gasteiger partial charge in [-0.05, 0) is 48.9 Å². The van der Waals surface area contributed by atoms with Gasteiger partial charge in [0.05, 0.1) is 12.4 Å². The summed E-state index contributed by atoms with van der Waals surface area (Å²) in [6, 6.07) is 6.97. The van der Waals surface area contributed by atoms with Crippen LogP contribution in [0.3, 0.4) is 0 Å². The number of aromatic hydroxyl groups is 1. The number of pyridine rings is 1. The number of nitrogens with one attached hydrogen (secondary N) is 2. The van der Waals surface area contributed by atoms with Crippen molar-refractivity contribution in [1.29, 1.82) is 0 Å². The molecular formula is C25H24FN7O. The van der Waals surface area contributed by atoms with Gasteiger partial charge in [0.1, 0.15) is 11.6 Å². The van der Waals surface area contributed by atoms with Crippen LogP contribution in [-0.4, -0.2) is 40.7 Å². The van der Waals surface area contributed by atoms with Gasteiger partial charge in [0.15, 0.2) is 11.5 Å². The van der Waals surface area contributed by atoms with Gasteiger partial charge in [-0.25, -0.2) is 9.37 Å². The van der Waals surface area contributed by atoms with E-state index in [1.807, 2.05) is 12.3 Å². The summed E-state index contributed by atoms with van der Waals surface area (Å²) < 4.78 is 15.6. The molecule has 0 saturated carbocycles. The van der Waals surface area contributed by atoms with Crippen LogP contribution in [0.2, 0.25) is 0 Å². The second-order valence-electron chi connectivity index (χ2n) is 9.15. The van der Waals surface area contributed by atoms with Crippen LogP contribution in [0, 0.1) is 5.82 Å². The van der Waals surface area contributed by atoms with E-state index in [-0.39, 0.29) is 17.7 Å². The lowest BCUT2D eigenvalue weighted by Crippen LogP contribution is -2.29. The molecule has 34 heavy (non-hydrogen) atoms. The first-order valence-electron chi connectivity index (χ1n) is 11.4. The van der Waals surface area contributed by atoms with Gasteiger partial charge in [-0.1, -0.05) is 13.8 Å². The van der Waals surface area contributed by atoms with E-state index in [9.17, 15) is 9.50 Å². The van der Waals surface area contributed by atoms with Gasteiger partial charge in [-0.15, -0.1) is 0 Å². The van der Waals surface area contributed by atoms with E-state index < -0.39 is 5.82 Å². The second kappa shape index (κ2) is 7.79. The van der Waals surface area contributed by atoms with Crippen molar-refractivity contribution in [2.75, 3.05) is 5.32 Å². The second-order valence-corrected chi connectivity index (χ2v) is 9.15. The van der Waals surface area contributed by atoms with Crippen LogP contribution in [0.1, 0.15) is 43.0 Å². The maximum absolute atomic E-state index is 13.9. The molecular weight excluding hydrogens is 433 g/mol. The van der Waals surface area contributed by atoms with Gasteiger partial charge >= 0.3 is 0 Å². The fraction of sp³-hybridized carbons (Fsp3) is 0.280. The third-order valence-electron chi connectivity index (χ3n) is 6.49. The number of fused-ring (bicyclic) bond motifs is 4. The van der Waals surface area contributed by atoms with E-state index in [0.717, 1.165) is 35.7 Å². The topological polar surface area (TPSA) is 104 Å². The Bertz CT molecular complexity index is 1540. The summed E-state index contributed by atoms with van der Waals surface area (Å²) in [5.41, 5.74) is 5.62. The molecule has 1 aliphatic rings. The fourth-order valence-corrected chi connectivity index (χ4v) is 4.78. The van der Waals surface area contributed by atoms with Crippen molar-refractivity contribution in [3.63, 3.8) is 0 Å². The molecule has 4 aromatic heterocycles. The molecule has 0 spiro atoms. The first-order valence-corrected chi connectivity index (χ1v) is 11.4. The smallest absolute Gasteiger partial charge is 0.228 e. The molecule has 6 rings (SSSR count). The van der Waals surface area contributed by atoms with E-state index in [1.54, 1.807) is 22.8 Å². The van der Waals surface area contributed by atoms with Gasteiger partial charge in [0.2, 0.25) is 5.95 Å². The van der Waals surface area contributed by atoms with E-state index >= 15 is 0 Å². The molecule has 0 aliphatic heterocycles. The number of benzene rings is 1. The number of aromatic nitrogens is 6. The summed E-state index contributed by atoms with van der Waals surface area (Å²) in [5.74, 6) is 1.02. The average Bonchev–Trinajstić information content (AvgIpc) is 3.40. The Kier molecular flexibility index (Phi) is 4.72. The number of hydrogen-bond donors (Lipinski definition) is 3. The van der Waals surface area contributed by atoms with Crippen molar-refractivity contribution in [2.24, 2.45) is 0 Å². The third kappa shape index (κ3) is 3.44. The van der Waals surface area contributed by atoms with Crippen molar-refractivity contribution >= 4 is 22.5 Å². The molecule has 1 atom stereocenters. The molecule has 5 aromatic rings. The Hall–Kier alpha value is -4.01. The zero-order chi connectivity index (χ0) is 23.4. The molecule has 8 nitrogen and oxygen atoms in total. The minimum absolute atomic E-state index is 0.128. The van der Waals surface area contributed by atoms with Gasteiger partial charge in [-0.3, -0.25) is 4.98 Å². The molecule has 9 heteroatoms. The predicted molar refractivity (Wildman–Crippen MR) is 127 cm³/mol. The van der Waals surface area contributed by atoms with Crippen LogP contribution in [-0.2, 0) is 12.8 Å². The lowest BCUT2D eigenvalue weighted by atomic mass is 9.91. The summed E-state index contributed by atoms with van der Waals surface area (Å²) in [5, 5.41) is 19.1.